The predicted molar refractivity (Wildman–Crippen MR) is 92.1 cm³/mol. The average Bonchev–Trinajstić information content (AvgIpc) is 3.11. The normalized spacial score (nSPS) is 10.9. The standard InChI is InChI=1S/C16H14N2O3S2/c1-3-21-15(20)12-11(9-19)13-14(17-16(22-2)23-13)18(12)10-7-5-4-6-8-10/h4-9H,3H2,1-2H3. The maximum absolute atomic E-state index is 12.4. The van der Waals surface area contributed by atoms with E-state index in [9.17, 15) is 9.59 Å². The van der Waals surface area contributed by atoms with Crippen LogP contribution in [0.1, 0.15) is 27.8 Å². The number of thiazole rings is 1. The number of carbonyl (C=O) groups is 2. The molecule has 0 saturated heterocycles. The number of hydrogen-bond donors (Lipinski definition) is 0. The van der Waals surface area contributed by atoms with E-state index in [1.165, 1.54) is 23.1 Å². The molecule has 118 valence electrons. The summed E-state index contributed by atoms with van der Waals surface area (Å²) in [5.41, 5.74) is 1.94. The zero-order valence-corrected chi connectivity index (χ0v) is 14.2. The van der Waals surface area contributed by atoms with Crippen LogP contribution in [0.3, 0.4) is 0 Å². The summed E-state index contributed by atoms with van der Waals surface area (Å²) in [5.74, 6) is -0.519. The van der Waals surface area contributed by atoms with Gasteiger partial charge in [-0.25, -0.2) is 9.78 Å². The fourth-order valence-corrected chi connectivity index (χ4v) is 3.93. The summed E-state index contributed by atoms with van der Waals surface area (Å²) in [4.78, 5) is 28.6. The summed E-state index contributed by atoms with van der Waals surface area (Å²) in [5, 5.41) is 0. The topological polar surface area (TPSA) is 61.2 Å². The summed E-state index contributed by atoms with van der Waals surface area (Å²) in [6, 6.07) is 9.38. The molecule has 5 nitrogen and oxygen atoms in total. The number of fused-ring (bicyclic) bond motifs is 1. The summed E-state index contributed by atoms with van der Waals surface area (Å²) < 4.78 is 8.39. The number of carbonyl (C=O) groups excluding carboxylic acids is 2. The molecule has 0 aliphatic carbocycles. The Morgan fingerprint density at radius 3 is 2.74 bits per heavy atom. The predicted octanol–water partition coefficient (Wildman–Crippen LogP) is 3.80. The van der Waals surface area contributed by atoms with Crippen molar-refractivity contribution in [1.82, 2.24) is 9.55 Å². The second-order valence-corrected chi connectivity index (χ2v) is 6.66. The highest BCUT2D eigenvalue weighted by Gasteiger charge is 2.27. The fraction of sp³-hybridized carbons (Fsp3) is 0.188. The van der Waals surface area contributed by atoms with Crippen LogP contribution in [-0.2, 0) is 4.74 Å². The lowest BCUT2D eigenvalue weighted by atomic mass is 10.2. The van der Waals surface area contributed by atoms with E-state index in [-0.39, 0.29) is 12.3 Å². The van der Waals surface area contributed by atoms with Gasteiger partial charge < -0.3 is 4.74 Å². The van der Waals surface area contributed by atoms with E-state index in [0.29, 0.717) is 22.2 Å². The van der Waals surface area contributed by atoms with E-state index >= 15 is 0 Å². The van der Waals surface area contributed by atoms with E-state index < -0.39 is 5.97 Å². The smallest absolute Gasteiger partial charge is 0.356 e. The van der Waals surface area contributed by atoms with Crippen LogP contribution in [0.2, 0.25) is 0 Å². The van der Waals surface area contributed by atoms with E-state index in [0.717, 1.165) is 10.0 Å². The van der Waals surface area contributed by atoms with Crippen LogP contribution < -0.4 is 0 Å². The van der Waals surface area contributed by atoms with Crippen molar-refractivity contribution in [3.05, 3.63) is 41.6 Å². The number of benzene rings is 1. The first kappa shape index (κ1) is 15.8. The fourth-order valence-electron chi connectivity index (χ4n) is 2.38. The average molecular weight is 346 g/mol. The number of nitrogens with zero attached hydrogens (tertiary/aromatic N) is 2. The number of rotatable bonds is 5. The summed E-state index contributed by atoms with van der Waals surface area (Å²) in [6.45, 7) is 1.98. The zero-order valence-electron chi connectivity index (χ0n) is 12.6. The lowest BCUT2D eigenvalue weighted by molar-refractivity contribution is 0.0515. The van der Waals surface area contributed by atoms with Gasteiger partial charge in [0.05, 0.1) is 16.9 Å². The van der Waals surface area contributed by atoms with Crippen LogP contribution in [0.15, 0.2) is 34.7 Å². The van der Waals surface area contributed by atoms with E-state index in [1.807, 2.05) is 36.6 Å². The van der Waals surface area contributed by atoms with Crippen molar-refractivity contribution < 1.29 is 14.3 Å². The first-order chi connectivity index (χ1) is 11.2. The molecule has 0 spiro atoms. The Bertz CT molecular complexity index is 868. The molecule has 0 atom stereocenters. The van der Waals surface area contributed by atoms with Gasteiger partial charge in [0.25, 0.3) is 0 Å². The Balaban J connectivity index is 2.37. The first-order valence-corrected chi connectivity index (χ1v) is 9.02. The number of thioether (sulfide) groups is 1. The first-order valence-electron chi connectivity index (χ1n) is 6.98. The third-order valence-corrected chi connectivity index (χ3v) is 5.36. The molecule has 0 saturated carbocycles. The van der Waals surface area contributed by atoms with Gasteiger partial charge in [0.15, 0.2) is 16.3 Å². The van der Waals surface area contributed by atoms with Crippen molar-refractivity contribution in [2.45, 2.75) is 11.3 Å². The van der Waals surface area contributed by atoms with Gasteiger partial charge in [-0.15, -0.1) is 11.3 Å². The summed E-state index contributed by atoms with van der Waals surface area (Å²) in [6.07, 6.45) is 2.63. The van der Waals surface area contributed by atoms with Gasteiger partial charge in [-0.1, -0.05) is 30.0 Å². The van der Waals surface area contributed by atoms with Gasteiger partial charge in [0, 0.05) is 5.69 Å². The molecule has 0 fully saturated rings. The minimum Gasteiger partial charge on any atom is -0.461 e. The maximum Gasteiger partial charge on any atom is 0.356 e. The molecule has 0 radical (unpaired) electrons. The Hall–Kier alpha value is -2.12. The highest BCUT2D eigenvalue weighted by atomic mass is 32.2. The van der Waals surface area contributed by atoms with Crippen LogP contribution in [-0.4, -0.2) is 34.7 Å². The molecule has 2 aromatic heterocycles. The highest BCUT2D eigenvalue weighted by molar-refractivity contribution is 8.00. The number of aromatic nitrogens is 2. The van der Waals surface area contributed by atoms with Crippen LogP contribution in [0, 0.1) is 0 Å². The second-order valence-electron chi connectivity index (χ2n) is 4.61. The minimum absolute atomic E-state index is 0.231. The van der Waals surface area contributed by atoms with Crippen LogP contribution in [0.5, 0.6) is 0 Å². The molecular weight excluding hydrogens is 332 g/mol. The second kappa shape index (κ2) is 6.55. The Labute approximate surface area is 141 Å². The monoisotopic (exact) mass is 346 g/mol. The van der Waals surface area contributed by atoms with Gasteiger partial charge in [-0.2, -0.15) is 0 Å². The molecular formula is C16H14N2O3S2. The van der Waals surface area contributed by atoms with Crippen molar-refractivity contribution in [3.8, 4) is 5.69 Å². The molecule has 3 aromatic rings. The maximum atomic E-state index is 12.4. The summed E-state index contributed by atoms with van der Waals surface area (Å²) >= 11 is 2.91. The molecule has 1 aromatic carbocycles. The number of esters is 1. The van der Waals surface area contributed by atoms with Gasteiger partial charge in [0.1, 0.15) is 5.69 Å². The van der Waals surface area contributed by atoms with Crippen LogP contribution in [0.4, 0.5) is 0 Å². The molecule has 0 bridgehead atoms. The number of hydrogen-bond acceptors (Lipinski definition) is 6. The lowest BCUT2D eigenvalue weighted by Crippen LogP contribution is -2.13. The van der Waals surface area contributed by atoms with Crippen molar-refractivity contribution in [2.75, 3.05) is 12.9 Å². The Morgan fingerprint density at radius 1 is 1.39 bits per heavy atom. The lowest BCUT2D eigenvalue weighted by Gasteiger charge is -2.09. The van der Waals surface area contributed by atoms with Crippen molar-refractivity contribution in [3.63, 3.8) is 0 Å². The molecule has 0 aliphatic heterocycles. The highest BCUT2D eigenvalue weighted by Crippen LogP contribution is 2.36. The number of para-hydroxylation sites is 1. The zero-order chi connectivity index (χ0) is 16.4. The SMILES string of the molecule is CCOC(=O)c1c(C=O)c2sc(SC)nc2n1-c1ccccc1. The molecule has 7 heteroatoms. The van der Waals surface area contributed by atoms with Crippen molar-refractivity contribution in [1.29, 1.82) is 0 Å². The summed E-state index contributed by atoms with van der Waals surface area (Å²) in [7, 11) is 0. The molecule has 0 amide bonds. The number of ether oxygens (including phenoxy) is 1. The van der Waals surface area contributed by atoms with Crippen LogP contribution in [0.25, 0.3) is 16.0 Å². The van der Waals surface area contributed by atoms with Crippen molar-refractivity contribution >= 4 is 45.7 Å². The molecule has 0 aliphatic rings. The third-order valence-electron chi connectivity index (χ3n) is 3.30. The van der Waals surface area contributed by atoms with Gasteiger partial charge in [-0.3, -0.25) is 9.36 Å². The van der Waals surface area contributed by atoms with E-state index in [1.54, 1.807) is 11.5 Å². The molecule has 3 rings (SSSR count). The Morgan fingerprint density at radius 2 is 2.13 bits per heavy atom. The molecule has 0 N–H and O–H groups in total. The molecule has 2 heterocycles. The van der Waals surface area contributed by atoms with E-state index in [2.05, 4.69) is 4.98 Å². The minimum atomic E-state index is -0.519. The van der Waals surface area contributed by atoms with E-state index in [4.69, 9.17) is 4.74 Å². The molecule has 0 unspecified atom stereocenters. The third kappa shape index (κ3) is 2.66. The largest absolute Gasteiger partial charge is 0.461 e. The Kier molecular flexibility index (Phi) is 4.49. The number of aldehydes is 1. The van der Waals surface area contributed by atoms with Gasteiger partial charge in [0.2, 0.25) is 0 Å². The van der Waals surface area contributed by atoms with Gasteiger partial charge >= 0.3 is 5.97 Å². The molecule has 23 heavy (non-hydrogen) atoms. The van der Waals surface area contributed by atoms with Gasteiger partial charge in [-0.05, 0) is 25.3 Å². The quantitative estimate of drug-likeness (QED) is 0.399. The van der Waals surface area contributed by atoms with Crippen LogP contribution >= 0.6 is 23.1 Å². The van der Waals surface area contributed by atoms with Crippen molar-refractivity contribution in [2.24, 2.45) is 0 Å².